The molecule has 1 unspecified atom stereocenters. The van der Waals surface area contributed by atoms with Gasteiger partial charge in [0.15, 0.2) is 6.10 Å². The van der Waals surface area contributed by atoms with Gasteiger partial charge in [-0.3, -0.25) is 14.4 Å². The molecule has 0 aromatic rings. The summed E-state index contributed by atoms with van der Waals surface area (Å²) < 4.78 is 16.9. The van der Waals surface area contributed by atoms with Gasteiger partial charge >= 0.3 is 17.9 Å². The Bertz CT molecular complexity index is 1010. The van der Waals surface area contributed by atoms with Crippen LogP contribution in [0, 0.1) is 11.8 Å². The van der Waals surface area contributed by atoms with E-state index in [4.69, 9.17) is 14.2 Å². The highest BCUT2D eigenvalue weighted by Crippen LogP contribution is 2.19. The van der Waals surface area contributed by atoms with Crippen molar-refractivity contribution < 1.29 is 28.6 Å². The molecule has 0 fully saturated rings. The van der Waals surface area contributed by atoms with E-state index in [1.807, 2.05) is 0 Å². The molecule has 0 aliphatic carbocycles. The fraction of sp³-hybridized carbons (Fsp3) is 0.950. The Balaban J connectivity index is 4.19. The van der Waals surface area contributed by atoms with Gasteiger partial charge in [-0.2, -0.15) is 0 Å². The van der Waals surface area contributed by atoms with Gasteiger partial charge in [-0.1, -0.05) is 298 Å². The summed E-state index contributed by atoms with van der Waals surface area (Å²) in [6, 6.07) is 0. The van der Waals surface area contributed by atoms with Gasteiger partial charge in [0.1, 0.15) is 13.2 Å². The van der Waals surface area contributed by atoms with Crippen molar-refractivity contribution in [1.29, 1.82) is 0 Å². The number of rotatable bonds is 54. The van der Waals surface area contributed by atoms with Gasteiger partial charge in [0, 0.05) is 19.3 Å². The number of carbonyl (C=O) groups is 3. The fourth-order valence-electron chi connectivity index (χ4n) is 9.20. The first-order valence-electron chi connectivity index (χ1n) is 29.8. The van der Waals surface area contributed by atoms with Gasteiger partial charge in [0.25, 0.3) is 0 Å². The Kier molecular flexibility index (Phi) is 51.5. The summed E-state index contributed by atoms with van der Waals surface area (Å²) in [4.78, 5) is 38.1. The molecule has 0 saturated carbocycles. The van der Waals surface area contributed by atoms with Crippen LogP contribution in [0.2, 0.25) is 0 Å². The van der Waals surface area contributed by atoms with Crippen molar-refractivity contribution in [2.24, 2.45) is 11.8 Å². The minimum Gasteiger partial charge on any atom is -0.462 e. The van der Waals surface area contributed by atoms with Crippen LogP contribution in [0.4, 0.5) is 0 Å². The summed E-state index contributed by atoms with van der Waals surface area (Å²) in [5, 5.41) is 0. The molecule has 0 aliphatic heterocycles. The van der Waals surface area contributed by atoms with E-state index in [0.717, 1.165) is 69.6 Å². The molecule has 0 aromatic carbocycles. The quantitative estimate of drug-likeness (QED) is 0.0343. The predicted molar refractivity (Wildman–Crippen MR) is 284 cm³/mol. The van der Waals surface area contributed by atoms with Gasteiger partial charge in [-0.25, -0.2) is 0 Å². The van der Waals surface area contributed by atoms with Crippen molar-refractivity contribution >= 4 is 17.9 Å². The molecule has 0 heterocycles. The zero-order chi connectivity index (χ0) is 48.2. The summed E-state index contributed by atoms with van der Waals surface area (Å²) in [6.07, 6.45) is 56.7. The summed E-state index contributed by atoms with van der Waals surface area (Å²) in [5.74, 6) is 0.909. The van der Waals surface area contributed by atoms with Gasteiger partial charge in [0.2, 0.25) is 0 Å². The molecule has 0 aliphatic rings. The standard InChI is InChI=1S/C60H116O6/c1-6-8-9-10-11-12-30-35-40-45-50-58(61)64-53-57(66-60(63)52-47-42-37-32-27-23-19-20-24-28-33-38-43-48-55(3)4)54-65-59(62)51-46-41-36-31-26-22-18-16-14-13-15-17-21-25-29-34-39-44-49-56(5)7-2/h55-57H,6-54H2,1-5H3/t56?,57-/m0/s1. The van der Waals surface area contributed by atoms with Crippen LogP contribution in [0.25, 0.3) is 0 Å². The molecule has 6 nitrogen and oxygen atoms in total. The summed E-state index contributed by atoms with van der Waals surface area (Å²) in [6.45, 7) is 11.5. The third-order valence-corrected chi connectivity index (χ3v) is 14.1. The second-order valence-corrected chi connectivity index (χ2v) is 21.4. The van der Waals surface area contributed by atoms with Crippen molar-refractivity contribution in [2.75, 3.05) is 13.2 Å². The van der Waals surface area contributed by atoms with Crippen LogP contribution in [-0.4, -0.2) is 37.2 Å². The zero-order valence-electron chi connectivity index (χ0n) is 45.3. The third-order valence-electron chi connectivity index (χ3n) is 14.1. The van der Waals surface area contributed by atoms with Crippen molar-refractivity contribution in [2.45, 2.75) is 343 Å². The first-order chi connectivity index (χ1) is 32.3. The molecule has 0 spiro atoms. The number of carbonyl (C=O) groups excluding carboxylic acids is 3. The van der Waals surface area contributed by atoms with Gasteiger partial charge in [-0.05, 0) is 31.1 Å². The Hall–Kier alpha value is -1.59. The van der Waals surface area contributed by atoms with E-state index in [2.05, 4.69) is 34.6 Å². The lowest BCUT2D eigenvalue weighted by molar-refractivity contribution is -0.167. The van der Waals surface area contributed by atoms with E-state index in [0.29, 0.717) is 19.3 Å². The second kappa shape index (κ2) is 52.8. The smallest absolute Gasteiger partial charge is 0.306 e. The zero-order valence-corrected chi connectivity index (χ0v) is 45.3. The Labute approximate surface area is 412 Å². The summed E-state index contributed by atoms with van der Waals surface area (Å²) in [7, 11) is 0. The maximum atomic E-state index is 12.8. The van der Waals surface area contributed by atoms with E-state index in [-0.39, 0.29) is 31.1 Å². The monoisotopic (exact) mass is 933 g/mol. The van der Waals surface area contributed by atoms with Crippen LogP contribution in [0.5, 0.6) is 0 Å². The fourth-order valence-corrected chi connectivity index (χ4v) is 9.20. The van der Waals surface area contributed by atoms with E-state index in [1.54, 1.807) is 0 Å². The normalized spacial score (nSPS) is 12.5. The molecule has 0 radical (unpaired) electrons. The van der Waals surface area contributed by atoms with Crippen LogP contribution in [0.15, 0.2) is 0 Å². The van der Waals surface area contributed by atoms with Gasteiger partial charge in [-0.15, -0.1) is 0 Å². The molecule has 0 aromatic heterocycles. The Morgan fingerprint density at radius 1 is 0.318 bits per heavy atom. The minimum atomic E-state index is -0.762. The highest BCUT2D eigenvalue weighted by Gasteiger charge is 2.19. The molecule has 2 atom stereocenters. The van der Waals surface area contributed by atoms with E-state index in [9.17, 15) is 14.4 Å². The summed E-state index contributed by atoms with van der Waals surface area (Å²) >= 11 is 0. The number of hydrogen-bond donors (Lipinski definition) is 0. The lowest BCUT2D eigenvalue weighted by Gasteiger charge is -2.18. The average molecular weight is 934 g/mol. The number of hydrogen-bond acceptors (Lipinski definition) is 6. The van der Waals surface area contributed by atoms with Crippen LogP contribution in [0.3, 0.4) is 0 Å². The largest absolute Gasteiger partial charge is 0.462 e. The third kappa shape index (κ3) is 51.8. The number of ether oxygens (including phenoxy) is 3. The maximum Gasteiger partial charge on any atom is 0.306 e. The van der Waals surface area contributed by atoms with Gasteiger partial charge < -0.3 is 14.2 Å². The van der Waals surface area contributed by atoms with E-state index < -0.39 is 6.10 Å². The van der Waals surface area contributed by atoms with Crippen molar-refractivity contribution in [3.05, 3.63) is 0 Å². The molecule has 0 rings (SSSR count). The molecule has 0 N–H and O–H groups in total. The lowest BCUT2D eigenvalue weighted by Crippen LogP contribution is -2.30. The molecule has 0 bridgehead atoms. The molecule has 0 amide bonds. The number of unbranched alkanes of at least 4 members (excludes halogenated alkanes) is 38. The average Bonchev–Trinajstić information content (AvgIpc) is 3.30. The van der Waals surface area contributed by atoms with Crippen molar-refractivity contribution in [3.8, 4) is 0 Å². The molecule has 66 heavy (non-hydrogen) atoms. The number of esters is 3. The molecule has 6 heteroatoms. The first kappa shape index (κ1) is 64.4. The van der Waals surface area contributed by atoms with E-state index in [1.165, 1.54) is 225 Å². The van der Waals surface area contributed by atoms with Gasteiger partial charge in [0.05, 0.1) is 0 Å². The van der Waals surface area contributed by atoms with Crippen LogP contribution in [-0.2, 0) is 28.6 Å². The predicted octanol–water partition coefficient (Wildman–Crippen LogP) is 19.7. The Morgan fingerprint density at radius 2 is 0.576 bits per heavy atom. The lowest BCUT2D eigenvalue weighted by atomic mass is 9.99. The molecule has 392 valence electrons. The van der Waals surface area contributed by atoms with E-state index >= 15 is 0 Å². The highest BCUT2D eigenvalue weighted by atomic mass is 16.6. The topological polar surface area (TPSA) is 78.9 Å². The molecular formula is C60H116O6. The van der Waals surface area contributed by atoms with Crippen molar-refractivity contribution in [3.63, 3.8) is 0 Å². The Morgan fingerprint density at radius 3 is 0.864 bits per heavy atom. The second-order valence-electron chi connectivity index (χ2n) is 21.4. The van der Waals surface area contributed by atoms with Crippen LogP contribution >= 0.6 is 0 Å². The summed E-state index contributed by atoms with van der Waals surface area (Å²) in [5.41, 5.74) is 0. The molecular weight excluding hydrogens is 817 g/mol. The highest BCUT2D eigenvalue weighted by molar-refractivity contribution is 5.71. The molecule has 0 saturated heterocycles. The van der Waals surface area contributed by atoms with Crippen molar-refractivity contribution in [1.82, 2.24) is 0 Å². The first-order valence-corrected chi connectivity index (χ1v) is 29.8. The maximum absolute atomic E-state index is 12.8. The van der Waals surface area contributed by atoms with Crippen LogP contribution < -0.4 is 0 Å². The SMILES string of the molecule is CCCCCCCCCCCCC(=O)OC[C@@H](COC(=O)CCCCCCCCCCCCCCCCCCCCC(C)CC)OC(=O)CCCCCCCCCCCCCCCC(C)C. The minimum absolute atomic E-state index is 0.0625. The van der Waals surface area contributed by atoms with Crippen LogP contribution in [0.1, 0.15) is 336 Å².